The Kier molecular flexibility index (Phi) is 7.88. The van der Waals surface area contributed by atoms with Crippen molar-refractivity contribution in [3.05, 3.63) is 17.7 Å². The monoisotopic (exact) mass is 396 g/mol. The molecular weight excluding hydrogens is 372 g/mol. The number of ether oxygens (including phenoxy) is 5. The first-order valence-electron chi connectivity index (χ1n) is 8.59. The maximum Gasteiger partial charge on any atom is 0.325 e. The molecule has 1 saturated heterocycles. The number of amides is 2. The number of esters is 1. The number of hydrogen-bond acceptors (Lipinski definition) is 8. The van der Waals surface area contributed by atoms with Gasteiger partial charge in [-0.25, -0.2) is 0 Å². The molecule has 0 aromatic heterocycles. The maximum absolute atomic E-state index is 12.3. The summed E-state index contributed by atoms with van der Waals surface area (Å²) in [4.78, 5) is 37.6. The molecule has 10 nitrogen and oxygen atoms in total. The number of nitrogens with zero attached hydrogens (tertiary/aromatic N) is 1. The summed E-state index contributed by atoms with van der Waals surface area (Å²) in [6.07, 6.45) is 0. The molecular formula is C18H24N2O8. The molecule has 0 atom stereocenters. The predicted octanol–water partition coefficient (Wildman–Crippen LogP) is -0.156. The largest absolute Gasteiger partial charge is 0.493 e. The highest BCUT2D eigenvalue weighted by Gasteiger charge is 2.20. The van der Waals surface area contributed by atoms with Crippen molar-refractivity contribution in [1.82, 2.24) is 10.2 Å². The molecule has 154 valence electrons. The van der Waals surface area contributed by atoms with E-state index in [1.807, 2.05) is 0 Å². The summed E-state index contributed by atoms with van der Waals surface area (Å²) in [6.45, 7) is 1.10. The van der Waals surface area contributed by atoms with Crippen LogP contribution in [0.25, 0.3) is 0 Å². The number of hydrogen-bond donors (Lipinski definition) is 1. The van der Waals surface area contributed by atoms with E-state index >= 15 is 0 Å². The minimum absolute atomic E-state index is 0.215. The molecule has 10 heteroatoms. The van der Waals surface area contributed by atoms with Crippen LogP contribution in [0.3, 0.4) is 0 Å². The summed E-state index contributed by atoms with van der Waals surface area (Å²) >= 11 is 0. The van der Waals surface area contributed by atoms with Crippen LogP contribution in [0.15, 0.2) is 12.1 Å². The van der Waals surface area contributed by atoms with Crippen molar-refractivity contribution in [1.29, 1.82) is 0 Å². The van der Waals surface area contributed by atoms with Gasteiger partial charge in [0.05, 0.1) is 34.5 Å². The summed E-state index contributed by atoms with van der Waals surface area (Å²) in [5.74, 6) is -0.579. The minimum Gasteiger partial charge on any atom is -0.493 e. The molecule has 0 aliphatic carbocycles. The van der Waals surface area contributed by atoms with Crippen LogP contribution < -0.4 is 19.5 Å². The molecule has 0 radical (unpaired) electrons. The molecule has 2 amide bonds. The van der Waals surface area contributed by atoms with Crippen LogP contribution in [-0.2, 0) is 19.1 Å². The van der Waals surface area contributed by atoms with E-state index in [0.717, 1.165) is 0 Å². The lowest BCUT2D eigenvalue weighted by Crippen LogP contribution is -2.43. The SMILES string of the molecule is COc1cc(C(=O)NCC(=O)OCC(=O)N2CCOCC2)cc(OC)c1OC. The quantitative estimate of drug-likeness (QED) is 0.604. The van der Waals surface area contributed by atoms with Crippen LogP contribution in [0.5, 0.6) is 17.2 Å². The van der Waals surface area contributed by atoms with Crippen molar-refractivity contribution >= 4 is 17.8 Å². The van der Waals surface area contributed by atoms with Gasteiger partial charge < -0.3 is 33.9 Å². The van der Waals surface area contributed by atoms with Crippen LogP contribution in [0.2, 0.25) is 0 Å². The Bertz CT molecular complexity index is 691. The number of methoxy groups -OCH3 is 3. The third-order valence-corrected chi connectivity index (χ3v) is 4.04. The molecule has 1 fully saturated rings. The Morgan fingerprint density at radius 1 is 1.04 bits per heavy atom. The second-order valence-electron chi connectivity index (χ2n) is 5.75. The highest BCUT2D eigenvalue weighted by atomic mass is 16.5. The van der Waals surface area contributed by atoms with Crippen molar-refractivity contribution in [2.75, 3.05) is 60.8 Å². The smallest absolute Gasteiger partial charge is 0.325 e. The van der Waals surface area contributed by atoms with E-state index in [4.69, 9.17) is 23.7 Å². The Labute approximate surface area is 162 Å². The number of carbonyl (C=O) groups is 3. The van der Waals surface area contributed by atoms with E-state index in [-0.39, 0.29) is 24.6 Å². The fourth-order valence-corrected chi connectivity index (χ4v) is 2.56. The third kappa shape index (κ3) is 5.49. The number of morpholine rings is 1. The summed E-state index contributed by atoms with van der Waals surface area (Å²) in [5.41, 5.74) is 0.215. The number of benzene rings is 1. The van der Waals surface area contributed by atoms with Crippen LogP contribution in [0, 0.1) is 0 Å². The zero-order valence-corrected chi connectivity index (χ0v) is 16.1. The van der Waals surface area contributed by atoms with Gasteiger partial charge in [-0.15, -0.1) is 0 Å². The molecule has 28 heavy (non-hydrogen) atoms. The van der Waals surface area contributed by atoms with E-state index < -0.39 is 11.9 Å². The standard InChI is InChI=1S/C18H24N2O8/c1-24-13-8-12(9-14(25-2)17(13)26-3)18(23)19-10-16(22)28-11-15(21)20-4-6-27-7-5-20/h8-9H,4-7,10-11H2,1-3H3,(H,19,23). The Balaban J connectivity index is 1.87. The van der Waals surface area contributed by atoms with Crippen molar-refractivity contribution in [3.8, 4) is 17.2 Å². The summed E-state index contributed by atoms with van der Waals surface area (Å²) in [7, 11) is 4.32. The van der Waals surface area contributed by atoms with Crippen molar-refractivity contribution in [2.24, 2.45) is 0 Å². The Morgan fingerprint density at radius 2 is 1.64 bits per heavy atom. The van der Waals surface area contributed by atoms with Gasteiger partial charge in [0.15, 0.2) is 18.1 Å². The third-order valence-electron chi connectivity index (χ3n) is 4.04. The highest BCUT2D eigenvalue weighted by molar-refractivity contribution is 5.97. The fraction of sp³-hybridized carbons (Fsp3) is 0.500. The second-order valence-corrected chi connectivity index (χ2v) is 5.75. The Hall–Kier alpha value is -3.01. The van der Waals surface area contributed by atoms with E-state index in [0.29, 0.717) is 43.6 Å². The van der Waals surface area contributed by atoms with Crippen molar-refractivity contribution in [3.63, 3.8) is 0 Å². The van der Waals surface area contributed by atoms with Crippen molar-refractivity contribution < 1.29 is 38.1 Å². The predicted molar refractivity (Wildman–Crippen MR) is 96.8 cm³/mol. The molecule has 1 aliphatic rings. The average molecular weight is 396 g/mol. The van der Waals surface area contributed by atoms with Gasteiger partial charge in [0.25, 0.3) is 11.8 Å². The van der Waals surface area contributed by atoms with Gasteiger partial charge in [0.1, 0.15) is 6.54 Å². The van der Waals surface area contributed by atoms with E-state index in [1.165, 1.54) is 33.5 Å². The first-order valence-corrected chi connectivity index (χ1v) is 8.59. The number of nitrogens with one attached hydrogen (secondary N) is 1. The molecule has 1 aromatic carbocycles. The molecule has 0 unspecified atom stereocenters. The lowest BCUT2D eigenvalue weighted by molar-refractivity contribution is -0.152. The zero-order valence-electron chi connectivity index (χ0n) is 16.1. The van der Waals surface area contributed by atoms with E-state index in [9.17, 15) is 14.4 Å². The van der Waals surface area contributed by atoms with Gasteiger partial charge in [0, 0.05) is 18.7 Å². The topological polar surface area (TPSA) is 113 Å². The average Bonchev–Trinajstić information content (AvgIpc) is 2.74. The fourth-order valence-electron chi connectivity index (χ4n) is 2.56. The summed E-state index contributed by atoms with van der Waals surface area (Å²) < 4.78 is 25.6. The van der Waals surface area contributed by atoms with Gasteiger partial charge in [-0.2, -0.15) is 0 Å². The van der Waals surface area contributed by atoms with Crippen LogP contribution >= 0.6 is 0 Å². The number of rotatable bonds is 8. The second kappa shape index (κ2) is 10.4. The van der Waals surface area contributed by atoms with Gasteiger partial charge >= 0.3 is 5.97 Å². The van der Waals surface area contributed by atoms with Crippen LogP contribution in [0.1, 0.15) is 10.4 Å². The highest BCUT2D eigenvalue weighted by Crippen LogP contribution is 2.38. The molecule has 1 heterocycles. The molecule has 1 aromatic rings. The molecule has 0 spiro atoms. The number of carbonyl (C=O) groups excluding carboxylic acids is 3. The lowest BCUT2D eigenvalue weighted by Gasteiger charge is -2.26. The normalized spacial score (nSPS) is 13.5. The van der Waals surface area contributed by atoms with Crippen LogP contribution in [-0.4, -0.2) is 83.5 Å². The van der Waals surface area contributed by atoms with Crippen LogP contribution in [0.4, 0.5) is 0 Å². The first kappa shape index (κ1) is 21.3. The summed E-state index contributed by atoms with van der Waals surface area (Å²) in [6, 6.07) is 2.92. The van der Waals surface area contributed by atoms with E-state index in [2.05, 4.69) is 5.32 Å². The first-order chi connectivity index (χ1) is 13.5. The van der Waals surface area contributed by atoms with Gasteiger partial charge in [-0.05, 0) is 12.1 Å². The summed E-state index contributed by atoms with van der Waals surface area (Å²) in [5, 5.41) is 2.43. The molecule has 0 bridgehead atoms. The van der Waals surface area contributed by atoms with E-state index in [1.54, 1.807) is 4.90 Å². The molecule has 2 rings (SSSR count). The molecule has 0 saturated carbocycles. The maximum atomic E-state index is 12.3. The zero-order chi connectivity index (χ0) is 20.5. The Morgan fingerprint density at radius 3 is 2.18 bits per heavy atom. The van der Waals surface area contributed by atoms with Crippen molar-refractivity contribution in [2.45, 2.75) is 0 Å². The van der Waals surface area contributed by atoms with Gasteiger partial charge in [0.2, 0.25) is 5.75 Å². The minimum atomic E-state index is -0.720. The van der Waals surface area contributed by atoms with Gasteiger partial charge in [-0.3, -0.25) is 14.4 Å². The lowest BCUT2D eigenvalue weighted by atomic mass is 10.1. The molecule has 1 aliphatic heterocycles. The molecule has 1 N–H and O–H groups in total. The van der Waals surface area contributed by atoms with Gasteiger partial charge in [-0.1, -0.05) is 0 Å².